The van der Waals surface area contributed by atoms with Crippen LogP contribution in [0.2, 0.25) is 0 Å². The Morgan fingerprint density at radius 3 is 2.33 bits per heavy atom. The Hall–Kier alpha value is -0.910. The van der Waals surface area contributed by atoms with E-state index in [1.54, 1.807) is 0 Å². The van der Waals surface area contributed by atoms with Crippen molar-refractivity contribution in [3.05, 3.63) is 35.9 Å². The summed E-state index contributed by atoms with van der Waals surface area (Å²) in [5.74, 6) is 0. The molecule has 0 radical (unpaired) electrons. The monoisotopic (exact) mass is 270 g/mol. The second-order valence-electron chi connectivity index (χ2n) is 5.05. The molecule has 0 saturated heterocycles. The summed E-state index contributed by atoms with van der Waals surface area (Å²) < 4.78 is 28.7. The van der Waals surface area contributed by atoms with Crippen LogP contribution in [-0.2, 0) is 16.6 Å². The summed E-state index contributed by atoms with van der Waals surface area (Å²) in [5.41, 5.74) is 0.599. The van der Waals surface area contributed by atoms with Crippen LogP contribution in [0, 0.1) is 0 Å². The average Bonchev–Trinajstić information content (AvgIpc) is 2.25. The summed E-state index contributed by atoms with van der Waals surface area (Å²) in [6.45, 7) is 6.14. The van der Waals surface area contributed by atoms with Crippen LogP contribution in [0.25, 0.3) is 0 Å². The summed E-state index contributed by atoms with van der Waals surface area (Å²) in [7, 11) is -3.42. The Bertz CT molecular complexity index is 455. The van der Waals surface area contributed by atoms with Gasteiger partial charge in [0, 0.05) is 12.1 Å². The molecule has 0 amide bonds. The van der Waals surface area contributed by atoms with Crippen LogP contribution in [0.4, 0.5) is 0 Å². The fourth-order valence-electron chi connectivity index (χ4n) is 1.78. The van der Waals surface area contributed by atoms with Gasteiger partial charge >= 0.3 is 0 Å². The van der Waals surface area contributed by atoms with E-state index in [2.05, 4.69) is 9.44 Å². The predicted octanol–water partition coefficient (Wildman–Crippen LogP) is 1.84. The predicted molar refractivity (Wildman–Crippen MR) is 74.6 cm³/mol. The van der Waals surface area contributed by atoms with E-state index >= 15 is 0 Å². The summed E-state index contributed by atoms with van der Waals surface area (Å²) in [4.78, 5) is 0. The molecular formula is C13H22N2O2S. The molecule has 0 heterocycles. The van der Waals surface area contributed by atoms with Crippen molar-refractivity contribution in [3.8, 4) is 0 Å². The van der Waals surface area contributed by atoms with Crippen LogP contribution < -0.4 is 9.44 Å². The van der Waals surface area contributed by atoms with Crippen LogP contribution in [-0.4, -0.2) is 20.5 Å². The second kappa shape index (κ2) is 6.31. The molecule has 1 rings (SSSR count). The van der Waals surface area contributed by atoms with Gasteiger partial charge in [0.1, 0.15) is 0 Å². The first-order valence-corrected chi connectivity index (χ1v) is 7.65. The minimum Gasteiger partial charge on any atom is -0.202 e. The Kier molecular flexibility index (Phi) is 5.31. The topological polar surface area (TPSA) is 58.2 Å². The molecule has 102 valence electrons. The number of hydrogen-bond donors (Lipinski definition) is 2. The molecule has 0 atom stereocenters. The Balaban J connectivity index is 2.64. The van der Waals surface area contributed by atoms with Gasteiger partial charge in [-0.15, -0.1) is 0 Å². The molecule has 0 aliphatic carbocycles. The highest BCUT2D eigenvalue weighted by Crippen LogP contribution is 2.13. The normalized spacial score (nSPS) is 12.6. The van der Waals surface area contributed by atoms with E-state index in [9.17, 15) is 8.42 Å². The standard InChI is InChI=1S/C13H22N2O2S/c1-4-10-14-18(16,17)15-13(2,3)11-12-8-6-5-7-9-12/h5-9,14-15H,4,10-11H2,1-3H3. The highest BCUT2D eigenvalue weighted by molar-refractivity contribution is 7.87. The molecule has 0 aromatic heterocycles. The van der Waals surface area contributed by atoms with Gasteiger partial charge in [0.25, 0.3) is 10.2 Å². The minimum absolute atomic E-state index is 0.455. The first-order chi connectivity index (χ1) is 8.35. The Labute approximate surface area is 110 Å². The highest BCUT2D eigenvalue weighted by Gasteiger charge is 2.24. The fraction of sp³-hybridized carbons (Fsp3) is 0.538. The molecule has 4 nitrogen and oxygen atoms in total. The van der Waals surface area contributed by atoms with Gasteiger partial charge in [-0.3, -0.25) is 0 Å². The van der Waals surface area contributed by atoms with Gasteiger partial charge in [0.2, 0.25) is 0 Å². The van der Waals surface area contributed by atoms with E-state index < -0.39 is 15.7 Å². The van der Waals surface area contributed by atoms with Crippen LogP contribution in [0.3, 0.4) is 0 Å². The summed E-state index contributed by atoms with van der Waals surface area (Å²) in [5, 5.41) is 0. The highest BCUT2D eigenvalue weighted by atomic mass is 32.2. The zero-order valence-corrected chi connectivity index (χ0v) is 12.0. The zero-order chi connectivity index (χ0) is 13.6. The SMILES string of the molecule is CCCNS(=O)(=O)NC(C)(C)Cc1ccccc1. The van der Waals surface area contributed by atoms with Gasteiger partial charge in [0.15, 0.2) is 0 Å². The lowest BCUT2D eigenvalue weighted by atomic mass is 9.96. The first-order valence-electron chi connectivity index (χ1n) is 6.17. The van der Waals surface area contributed by atoms with Crippen LogP contribution in [0.5, 0.6) is 0 Å². The first kappa shape index (κ1) is 15.1. The molecule has 5 heteroatoms. The smallest absolute Gasteiger partial charge is 0.202 e. The van der Waals surface area contributed by atoms with Crippen molar-refractivity contribution in [2.24, 2.45) is 0 Å². The van der Waals surface area contributed by atoms with Crippen molar-refractivity contribution < 1.29 is 8.42 Å². The van der Waals surface area contributed by atoms with Crippen molar-refractivity contribution in [2.45, 2.75) is 39.2 Å². The van der Waals surface area contributed by atoms with Gasteiger partial charge < -0.3 is 0 Å². The molecule has 18 heavy (non-hydrogen) atoms. The maximum absolute atomic E-state index is 11.8. The third-order valence-electron chi connectivity index (χ3n) is 2.44. The van der Waals surface area contributed by atoms with Crippen molar-refractivity contribution >= 4 is 10.2 Å². The van der Waals surface area contributed by atoms with Crippen LogP contribution in [0.15, 0.2) is 30.3 Å². The third kappa shape index (κ3) is 5.62. The molecule has 1 aromatic carbocycles. The van der Waals surface area contributed by atoms with Gasteiger partial charge in [-0.1, -0.05) is 37.3 Å². The van der Waals surface area contributed by atoms with E-state index in [4.69, 9.17) is 0 Å². The maximum atomic E-state index is 11.8. The van der Waals surface area contributed by atoms with Gasteiger partial charge in [-0.2, -0.15) is 13.1 Å². The van der Waals surface area contributed by atoms with Crippen LogP contribution >= 0.6 is 0 Å². The average molecular weight is 270 g/mol. The lowest BCUT2D eigenvalue weighted by Gasteiger charge is -2.26. The molecule has 0 aliphatic heterocycles. The third-order valence-corrected chi connectivity index (χ3v) is 3.85. The van der Waals surface area contributed by atoms with Crippen molar-refractivity contribution in [3.63, 3.8) is 0 Å². The number of benzene rings is 1. The lowest BCUT2D eigenvalue weighted by molar-refractivity contribution is 0.445. The van der Waals surface area contributed by atoms with Crippen LogP contribution in [0.1, 0.15) is 32.8 Å². The van der Waals surface area contributed by atoms with Crippen molar-refractivity contribution in [1.29, 1.82) is 0 Å². The number of nitrogens with one attached hydrogen (secondary N) is 2. The van der Waals surface area contributed by atoms with E-state index in [0.29, 0.717) is 13.0 Å². The molecule has 2 N–H and O–H groups in total. The quantitative estimate of drug-likeness (QED) is 0.794. The van der Waals surface area contributed by atoms with Crippen molar-refractivity contribution in [2.75, 3.05) is 6.54 Å². The summed E-state index contributed by atoms with van der Waals surface area (Å²) in [6.07, 6.45) is 1.43. The molecule has 0 saturated carbocycles. The van der Waals surface area contributed by atoms with Gasteiger partial charge in [0.05, 0.1) is 0 Å². The zero-order valence-electron chi connectivity index (χ0n) is 11.2. The number of rotatable bonds is 7. The maximum Gasteiger partial charge on any atom is 0.277 e. The molecule has 0 fully saturated rings. The van der Waals surface area contributed by atoms with Gasteiger partial charge in [-0.05, 0) is 32.3 Å². The van der Waals surface area contributed by atoms with Gasteiger partial charge in [-0.25, -0.2) is 4.72 Å². The Morgan fingerprint density at radius 2 is 1.78 bits per heavy atom. The summed E-state index contributed by atoms with van der Waals surface area (Å²) >= 11 is 0. The fourth-order valence-corrected chi connectivity index (χ4v) is 3.12. The largest absolute Gasteiger partial charge is 0.277 e. The molecule has 0 aliphatic rings. The molecular weight excluding hydrogens is 248 g/mol. The summed E-state index contributed by atoms with van der Waals surface area (Å²) in [6, 6.07) is 9.85. The lowest BCUT2D eigenvalue weighted by Crippen LogP contribution is -2.50. The van der Waals surface area contributed by atoms with E-state index in [0.717, 1.165) is 12.0 Å². The molecule has 0 bridgehead atoms. The van der Waals surface area contributed by atoms with E-state index in [1.807, 2.05) is 51.1 Å². The van der Waals surface area contributed by atoms with E-state index in [-0.39, 0.29) is 0 Å². The second-order valence-corrected chi connectivity index (χ2v) is 6.55. The minimum atomic E-state index is -3.42. The molecule has 0 unspecified atom stereocenters. The number of hydrogen-bond acceptors (Lipinski definition) is 2. The molecule has 1 aromatic rings. The molecule has 0 spiro atoms. The Morgan fingerprint density at radius 1 is 1.17 bits per heavy atom. The van der Waals surface area contributed by atoms with Crippen molar-refractivity contribution in [1.82, 2.24) is 9.44 Å². The van der Waals surface area contributed by atoms with E-state index in [1.165, 1.54) is 0 Å².